The van der Waals surface area contributed by atoms with E-state index in [1.165, 1.54) is 18.2 Å². The maximum Gasteiger partial charge on any atom is 1.00 e. The van der Waals surface area contributed by atoms with E-state index in [-0.39, 0.29) is 79.9 Å². The number of benzene rings is 3. The van der Waals surface area contributed by atoms with Crippen molar-refractivity contribution in [2.75, 3.05) is 6.26 Å². The van der Waals surface area contributed by atoms with Gasteiger partial charge in [0, 0.05) is 11.6 Å². The molecule has 0 spiro atoms. The standard InChI is InChI=1S/C18H13N3O9S4.2Na/c1-32(23,24)18-19-13-5-2-10(8-14(13)31-18)20-21-16-15(34(28,29)30)7-9-6-11(33(25,26)27)3-4-12(9)17(16)22;;/h2-8,22H,1H3,(H,25,26,27)(H,28,29,30);;/q;2*+1/p-2. The van der Waals surface area contributed by atoms with Gasteiger partial charge in [-0.05, 0) is 47.9 Å². The van der Waals surface area contributed by atoms with Crippen molar-refractivity contribution in [3.05, 3.63) is 42.5 Å². The number of hydrogen-bond acceptors (Lipinski definition) is 13. The van der Waals surface area contributed by atoms with E-state index in [2.05, 4.69) is 15.2 Å². The summed E-state index contributed by atoms with van der Waals surface area (Å²) in [5.74, 6) is -0.774. The van der Waals surface area contributed by atoms with Crippen LogP contribution < -0.4 is 59.1 Å². The summed E-state index contributed by atoms with van der Waals surface area (Å²) < 4.78 is 92.9. The minimum Gasteiger partial charge on any atom is -0.744 e. The van der Waals surface area contributed by atoms with E-state index in [1.807, 2.05) is 0 Å². The van der Waals surface area contributed by atoms with Gasteiger partial charge in [0.1, 0.15) is 25.9 Å². The van der Waals surface area contributed by atoms with Crippen LogP contribution in [0.25, 0.3) is 21.0 Å². The van der Waals surface area contributed by atoms with Crippen molar-refractivity contribution in [1.29, 1.82) is 0 Å². The number of phenols is 1. The predicted molar refractivity (Wildman–Crippen MR) is 118 cm³/mol. The second kappa shape index (κ2) is 11.0. The molecule has 1 heterocycles. The van der Waals surface area contributed by atoms with Gasteiger partial charge in [-0.15, -0.1) is 16.5 Å². The van der Waals surface area contributed by atoms with Crippen LogP contribution in [0.3, 0.4) is 0 Å². The normalized spacial score (nSPS) is 12.5. The molecule has 0 fully saturated rings. The molecule has 0 unspecified atom stereocenters. The van der Waals surface area contributed by atoms with Crippen molar-refractivity contribution in [2.45, 2.75) is 14.1 Å². The van der Waals surface area contributed by atoms with Gasteiger partial charge in [0.05, 0.1) is 25.7 Å². The summed E-state index contributed by atoms with van der Waals surface area (Å²) in [6.45, 7) is 0. The molecule has 0 saturated carbocycles. The van der Waals surface area contributed by atoms with Crippen LogP contribution in [0, 0.1) is 0 Å². The smallest absolute Gasteiger partial charge is 0.744 e. The van der Waals surface area contributed by atoms with Crippen LogP contribution >= 0.6 is 11.3 Å². The number of azo groups is 1. The summed E-state index contributed by atoms with van der Waals surface area (Å²) in [7, 11) is -13.6. The molecular weight excluding hydrogens is 576 g/mol. The number of hydrogen-bond donors (Lipinski definition) is 1. The molecule has 3 aromatic carbocycles. The van der Waals surface area contributed by atoms with Gasteiger partial charge in [0.15, 0.2) is 5.75 Å². The molecule has 0 radical (unpaired) electrons. The molecule has 0 aliphatic rings. The van der Waals surface area contributed by atoms with E-state index in [0.717, 1.165) is 41.9 Å². The quantitative estimate of drug-likeness (QED) is 0.140. The molecule has 4 aromatic rings. The SMILES string of the molecule is CS(=O)(=O)c1nc2ccc(N=Nc3c(S(=O)(=O)[O-])cc4cc(S(=O)(=O)[O-])ccc4c3O)cc2s1.[Na+].[Na+]. The number of rotatable bonds is 5. The summed E-state index contributed by atoms with van der Waals surface area (Å²) in [5, 5.41) is 17.8. The van der Waals surface area contributed by atoms with Crippen LogP contribution in [-0.4, -0.2) is 50.7 Å². The van der Waals surface area contributed by atoms with Gasteiger partial charge in [-0.25, -0.2) is 30.2 Å². The van der Waals surface area contributed by atoms with Gasteiger partial charge in [0.2, 0.25) is 14.2 Å². The Morgan fingerprint density at radius 3 is 2.14 bits per heavy atom. The van der Waals surface area contributed by atoms with Crippen molar-refractivity contribution in [2.24, 2.45) is 10.2 Å². The molecule has 36 heavy (non-hydrogen) atoms. The van der Waals surface area contributed by atoms with E-state index in [4.69, 9.17) is 0 Å². The summed E-state index contributed by atoms with van der Waals surface area (Å²) >= 11 is 0.885. The Labute approximate surface area is 253 Å². The summed E-state index contributed by atoms with van der Waals surface area (Å²) in [5.41, 5.74) is -0.177. The molecule has 0 aliphatic heterocycles. The third-order valence-electron chi connectivity index (χ3n) is 4.52. The number of fused-ring (bicyclic) bond motifs is 2. The van der Waals surface area contributed by atoms with Gasteiger partial charge >= 0.3 is 59.1 Å². The minimum absolute atomic E-state index is 0. The van der Waals surface area contributed by atoms with Gasteiger partial charge in [-0.2, -0.15) is 5.11 Å². The molecule has 1 N–H and O–H groups in total. The third kappa shape index (κ3) is 6.51. The maximum absolute atomic E-state index is 11.8. The molecule has 12 nitrogen and oxygen atoms in total. The summed E-state index contributed by atoms with van der Waals surface area (Å²) in [4.78, 5) is 2.32. The molecule has 0 aliphatic carbocycles. The molecule has 4 rings (SSSR count). The number of nitrogens with zero attached hydrogens (tertiary/aromatic N) is 3. The zero-order valence-corrected chi connectivity index (χ0v) is 26.0. The van der Waals surface area contributed by atoms with Gasteiger partial charge in [-0.3, -0.25) is 0 Å². The molecule has 18 heteroatoms. The minimum atomic E-state index is -5.21. The zero-order valence-electron chi connectivity index (χ0n) is 18.7. The third-order valence-corrected chi connectivity index (χ3v) is 8.89. The van der Waals surface area contributed by atoms with Crippen molar-refractivity contribution in [3.63, 3.8) is 0 Å². The van der Waals surface area contributed by atoms with Crippen LogP contribution in [0.15, 0.2) is 66.8 Å². The van der Waals surface area contributed by atoms with E-state index in [0.29, 0.717) is 10.2 Å². The van der Waals surface area contributed by atoms with Crippen LogP contribution in [0.1, 0.15) is 0 Å². The van der Waals surface area contributed by atoms with E-state index in [1.54, 1.807) is 0 Å². The van der Waals surface area contributed by atoms with E-state index >= 15 is 0 Å². The van der Waals surface area contributed by atoms with Gasteiger partial charge in [0.25, 0.3) is 0 Å². The first-order valence-electron chi connectivity index (χ1n) is 8.88. The van der Waals surface area contributed by atoms with Crippen LogP contribution in [0.4, 0.5) is 11.4 Å². The average Bonchev–Trinajstić information content (AvgIpc) is 3.15. The number of phenolic OH excluding ortho intramolecular Hbond substituents is 1. The van der Waals surface area contributed by atoms with Crippen LogP contribution in [0.5, 0.6) is 5.75 Å². The number of aromatic hydroxyl groups is 1. The molecule has 178 valence electrons. The molecule has 0 saturated heterocycles. The Balaban J connectivity index is 0.00000228. The molecule has 1 aromatic heterocycles. The van der Waals surface area contributed by atoms with Crippen molar-refractivity contribution >= 4 is 73.8 Å². The Morgan fingerprint density at radius 1 is 0.889 bits per heavy atom. The van der Waals surface area contributed by atoms with Gasteiger partial charge in [-0.1, -0.05) is 0 Å². The second-order valence-electron chi connectivity index (χ2n) is 6.97. The zero-order chi connectivity index (χ0) is 25.1. The number of aromatic nitrogens is 1. The van der Waals surface area contributed by atoms with Crippen molar-refractivity contribution in [3.8, 4) is 5.75 Å². The predicted octanol–water partition coefficient (Wildman–Crippen LogP) is -3.21. The maximum atomic E-state index is 11.8. The molecule has 0 bridgehead atoms. The molecule has 0 atom stereocenters. The fourth-order valence-corrected chi connectivity index (χ4v) is 6.01. The first-order chi connectivity index (χ1) is 15.6. The Morgan fingerprint density at radius 2 is 1.56 bits per heavy atom. The first-order valence-corrected chi connectivity index (χ1v) is 14.4. The van der Waals surface area contributed by atoms with E-state index < -0.39 is 51.3 Å². The largest absolute Gasteiger partial charge is 1.00 e. The Bertz CT molecular complexity index is 1850. The van der Waals surface area contributed by atoms with Crippen LogP contribution in [0.2, 0.25) is 0 Å². The van der Waals surface area contributed by atoms with Crippen molar-refractivity contribution < 1.29 is 98.6 Å². The summed E-state index contributed by atoms with van der Waals surface area (Å²) in [6, 6.07) is 7.88. The number of thiazole rings is 1. The monoisotopic (exact) mass is 587 g/mol. The Hall–Kier alpha value is -1.02. The topological polar surface area (TPSA) is 206 Å². The van der Waals surface area contributed by atoms with Crippen molar-refractivity contribution in [1.82, 2.24) is 4.98 Å². The molecular formula is C18H11N3Na2O9S4. The fraction of sp³-hybridized carbons (Fsp3) is 0.0556. The first kappa shape index (κ1) is 31.2. The molecule has 0 amide bonds. The Kier molecular flexibility index (Phi) is 9.53. The van der Waals surface area contributed by atoms with Crippen LogP contribution in [-0.2, 0) is 30.1 Å². The average molecular weight is 588 g/mol. The second-order valence-corrected chi connectivity index (χ2v) is 12.9. The van der Waals surface area contributed by atoms with Gasteiger partial charge < -0.3 is 14.2 Å². The fourth-order valence-electron chi connectivity index (χ4n) is 2.99. The summed E-state index contributed by atoms with van der Waals surface area (Å²) in [6.07, 6.45) is 1.01. The number of sulfone groups is 1. The van der Waals surface area contributed by atoms with E-state index in [9.17, 15) is 39.5 Å².